The summed E-state index contributed by atoms with van der Waals surface area (Å²) in [4.78, 5) is 7.38. The van der Waals surface area contributed by atoms with Crippen molar-refractivity contribution in [2.75, 3.05) is 18.6 Å². The van der Waals surface area contributed by atoms with Crippen LogP contribution in [0.4, 0.5) is 5.69 Å². The maximum absolute atomic E-state index is 12.3. The van der Waals surface area contributed by atoms with Crippen molar-refractivity contribution in [2.45, 2.75) is 45.3 Å². The maximum atomic E-state index is 12.3. The molecule has 0 amide bonds. The van der Waals surface area contributed by atoms with Crippen LogP contribution in [0.25, 0.3) is 0 Å². The fourth-order valence-electron chi connectivity index (χ4n) is 4.43. The van der Waals surface area contributed by atoms with Gasteiger partial charge >= 0.3 is 0 Å². The standard InChI is InChI=1S/C29H34N2O2/c1-28(2,3)26-21-31(24-15-17-25(33-4)18-16-24)27(30-26)29(32,19-22-11-7-5-8-12-22)20-23-13-9-6-10-14-23/h5-18,26,32H,19-21H2,1-4H3/t26-/m1/s1. The van der Waals surface area contributed by atoms with Gasteiger partial charge in [0.1, 0.15) is 17.2 Å². The summed E-state index contributed by atoms with van der Waals surface area (Å²) in [6, 6.07) is 28.5. The number of aliphatic imine (C=N–C) groups is 1. The SMILES string of the molecule is COc1ccc(N2C[C@H](C(C)(C)C)N=C2C(O)(Cc2ccccc2)Cc2ccccc2)cc1. The second-order valence-corrected chi connectivity index (χ2v) is 10.00. The van der Waals surface area contributed by atoms with Crippen molar-refractivity contribution < 1.29 is 9.84 Å². The van der Waals surface area contributed by atoms with Gasteiger partial charge in [-0.05, 0) is 40.8 Å². The Morgan fingerprint density at radius 2 is 1.36 bits per heavy atom. The molecule has 0 radical (unpaired) electrons. The molecular weight excluding hydrogens is 408 g/mol. The highest BCUT2D eigenvalue weighted by molar-refractivity contribution is 6.05. The number of methoxy groups -OCH3 is 1. The molecule has 0 saturated carbocycles. The largest absolute Gasteiger partial charge is 0.497 e. The number of nitrogens with zero attached hydrogens (tertiary/aromatic N) is 2. The minimum absolute atomic E-state index is 0.0210. The molecule has 3 aromatic carbocycles. The molecule has 33 heavy (non-hydrogen) atoms. The predicted molar refractivity (Wildman–Crippen MR) is 136 cm³/mol. The molecule has 0 bridgehead atoms. The summed E-state index contributed by atoms with van der Waals surface area (Å²) in [7, 11) is 1.67. The first-order chi connectivity index (χ1) is 15.8. The second kappa shape index (κ2) is 9.40. The van der Waals surface area contributed by atoms with Gasteiger partial charge in [0.15, 0.2) is 0 Å². The minimum atomic E-state index is -1.15. The van der Waals surface area contributed by atoms with Gasteiger partial charge in [-0.1, -0.05) is 81.4 Å². The van der Waals surface area contributed by atoms with Gasteiger partial charge in [0, 0.05) is 25.1 Å². The van der Waals surface area contributed by atoms with E-state index in [1.807, 2.05) is 60.7 Å². The normalized spacial score (nSPS) is 16.6. The number of anilines is 1. The summed E-state index contributed by atoms with van der Waals surface area (Å²) in [5.74, 6) is 1.55. The molecule has 4 rings (SSSR count). The Hall–Kier alpha value is -3.11. The van der Waals surface area contributed by atoms with Crippen molar-refractivity contribution in [1.82, 2.24) is 0 Å². The zero-order valence-corrected chi connectivity index (χ0v) is 20.0. The van der Waals surface area contributed by atoms with Crippen LogP contribution in [0, 0.1) is 5.41 Å². The lowest BCUT2D eigenvalue weighted by atomic mass is 9.86. The highest BCUT2D eigenvalue weighted by Gasteiger charge is 2.44. The van der Waals surface area contributed by atoms with E-state index in [2.05, 4.69) is 49.9 Å². The van der Waals surface area contributed by atoms with E-state index in [1.54, 1.807) is 7.11 Å². The van der Waals surface area contributed by atoms with E-state index in [-0.39, 0.29) is 11.5 Å². The average molecular weight is 443 g/mol. The fourth-order valence-corrected chi connectivity index (χ4v) is 4.43. The Kier molecular flexibility index (Phi) is 6.57. The predicted octanol–water partition coefficient (Wildman–Crippen LogP) is 5.54. The smallest absolute Gasteiger partial charge is 0.137 e. The number of hydrogen-bond acceptors (Lipinski definition) is 4. The molecule has 4 nitrogen and oxygen atoms in total. The Balaban J connectivity index is 1.79. The van der Waals surface area contributed by atoms with Crippen molar-refractivity contribution in [1.29, 1.82) is 0 Å². The van der Waals surface area contributed by atoms with Crippen LogP contribution in [0.1, 0.15) is 31.9 Å². The molecule has 1 aliphatic rings. The number of benzene rings is 3. The molecule has 4 heteroatoms. The van der Waals surface area contributed by atoms with Gasteiger partial charge in [-0.3, -0.25) is 4.99 Å². The first-order valence-corrected chi connectivity index (χ1v) is 11.6. The highest BCUT2D eigenvalue weighted by atomic mass is 16.5. The van der Waals surface area contributed by atoms with E-state index in [1.165, 1.54) is 0 Å². The third-order valence-electron chi connectivity index (χ3n) is 6.37. The van der Waals surface area contributed by atoms with Gasteiger partial charge in [0.2, 0.25) is 0 Å². The number of aliphatic hydroxyl groups is 1. The summed E-state index contributed by atoms with van der Waals surface area (Å²) in [5, 5.41) is 12.3. The van der Waals surface area contributed by atoms with E-state index in [0.717, 1.165) is 34.9 Å². The van der Waals surface area contributed by atoms with E-state index >= 15 is 0 Å². The van der Waals surface area contributed by atoms with Crippen LogP contribution in [0.3, 0.4) is 0 Å². The lowest BCUT2D eigenvalue weighted by Gasteiger charge is -2.34. The summed E-state index contributed by atoms with van der Waals surface area (Å²) in [5.41, 5.74) is 2.02. The molecule has 1 heterocycles. The summed E-state index contributed by atoms with van der Waals surface area (Å²) in [6.45, 7) is 7.37. The van der Waals surface area contributed by atoms with E-state index < -0.39 is 5.60 Å². The van der Waals surface area contributed by atoms with Crippen LogP contribution in [0.15, 0.2) is 89.9 Å². The van der Waals surface area contributed by atoms with Gasteiger partial charge in [0.25, 0.3) is 0 Å². The number of hydrogen-bond donors (Lipinski definition) is 1. The molecular formula is C29H34N2O2. The van der Waals surface area contributed by atoms with Crippen molar-refractivity contribution in [3.8, 4) is 5.75 Å². The zero-order chi connectivity index (χ0) is 23.5. The molecule has 172 valence electrons. The molecule has 0 aromatic heterocycles. The fraction of sp³-hybridized carbons (Fsp3) is 0.345. The lowest BCUT2D eigenvalue weighted by Crippen LogP contribution is -2.50. The quantitative estimate of drug-likeness (QED) is 0.522. The molecule has 3 aromatic rings. The zero-order valence-electron chi connectivity index (χ0n) is 20.0. The first-order valence-electron chi connectivity index (χ1n) is 11.6. The molecule has 1 N–H and O–H groups in total. The van der Waals surface area contributed by atoms with Crippen molar-refractivity contribution >= 4 is 11.5 Å². The third kappa shape index (κ3) is 5.28. The van der Waals surface area contributed by atoms with E-state index in [4.69, 9.17) is 9.73 Å². The number of rotatable bonds is 7. The molecule has 0 saturated heterocycles. The molecule has 0 fully saturated rings. The molecule has 0 unspecified atom stereocenters. The van der Waals surface area contributed by atoms with Gasteiger partial charge in [-0.15, -0.1) is 0 Å². The van der Waals surface area contributed by atoms with Crippen molar-refractivity contribution in [3.05, 3.63) is 96.1 Å². The van der Waals surface area contributed by atoms with Crippen LogP contribution in [0.5, 0.6) is 5.75 Å². The van der Waals surface area contributed by atoms with Crippen LogP contribution < -0.4 is 9.64 Å². The minimum Gasteiger partial charge on any atom is -0.497 e. The Bertz CT molecular complexity index is 1030. The van der Waals surface area contributed by atoms with Crippen molar-refractivity contribution in [3.63, 3.8) is 0 Å². The van der Waals surface area contributed by atoms with E-state index in [0.29, 0.717) is 12.8 Å². The molecule has 1 aliphatic heterocycles. The van der Waals surface area contributed by atoms with Crippen LogP contribution >= 0.6 is 0 Å². The van der Waals surface area contributed by atoms with Gasteiger partial charge in [-0.2, -0.15) is 0 Å². The molecule has 0 aliphatic carbocycles. The van der Waals surface area contributed by atoms with Gasteiger partial charge < -0.3 is 14.7 Å². The number of amidine groups is 1. The van der Waals surface area contributed by atoms with Crippen LogP contribution in [-0.2, 0) is 12.8 Å². The van der Waals surface area contributed by atoms with E-state index in [9.17, 15) is 5.11 Å². The Labute approximate surface area is 197 Å². The summed E-state index contributed by atoms with van der Waals surface area (Å²) in [6.07, 6.45) is 0.982. The first kappa shape index (κ1) is 23.1. The lowest BCUT2D eigenvalue weighted by molar-refractivity contribution is 0.111. The average Bonchev–Trinajstić information content (AvgIpc) is 3.28. The van der Waals surface area contributed by atoms with Gasteiger partial charge in [0.05, 0.1) is 13.2 Å². The number of ether oxygens (including phenoxy) is 1. The maximum Gasteiger partial charge on any atom is 0.137 e. The van der Waals surface area contributed by atoms with Crippen LogP contribution in [0.2, 0.25) is 0 Å². The second-order valence-electron chi connectivity index (χ2n) is 10.00. The van der Waals surface area contributed by atoms with Crippen LogP contribution in [-0.4, -0.2) is 36.2 Å². The third-order valence-corrected chi connectivity index (χ3v) is 6.37. The monoisotopic (exact) mass is 442 g/mol. The Morgan fingerprint density at radius 1 is 0.848 bits per heavy atom. The Morgan fingerprint density at radius 3 is 1.82 bits per heavy atom. The summed E-state index contributed by atoms with van der Waals surface area (Å²) >= 11 is 0. The summed E-state index contributed by atoms with van der Waals surface area (Å²) < 4.78 is 5.36. The van der Waals surface area contributed by atoms with Gasteiger partial charge in [-0.25, -0.2) is 0 Å². The molecule has 0 spiro atoms. The highest BCUT2D eigenvalue weighted by Crippen LogP contribution is 2.36. The molecule has 1 atom stereocenters. The van der Waals surface area contributed by atoms with Crippen molar-refractivity contribution in [2.24, 2.45) is 10.4 Å². The topological polar surface area (TPSA) is 45.1 Å².